The van der Waals surface area contributed by atoms with Gasteiger partial charge in [-0.15, -0.1) is 5.10 Å². The normalized spacial score (nSPS) is 18.0. The number of hydrogen-bond donors (Lipinski definition) is 0. The Kier molecular flexibility index (Phi) is 5.12. The van der Waals surface area contributed by atoms with Gasteiger partial charge in [-0.3, -0.25) is 4.79 Å². The molecule has 3 heterocycles. The fourth-order valence-corrected chi connectivity index (χ4v) is 3.72. The molecule has 2 aromatic heterocycles. The van der Waals surface area contributed by atoms with Gasteiger partial charge in [0, 0.05) is 32.4 Å². The summed E-state index contributed by atoms with van der Waals surface area (Å²) in [6.07, 6.45) is -1.74. The quantitative estimate of drug-likeness (QED) is 0.813. The first-order chi connectivity index (χ1) is 12.3. The number of hydrogen-bond acceptors (Lipinski definition) is 6. The maximum Gasteiger partial charge on any atom is 0.419 e. The number of carbonyl (C=O) groups excluding carboxylic acids is 1. The molecule has 0 bridgehead atoms. The van der Waals surface area contributed by atoms with Gasteiger partial charge in [0.15, 0.2) is 0 Å². The molecule has 6 nitrogen and oxygen atoms in total. The number of carbonyl (C=O) groups is 1. The Hall–Kier alpha value is -2.23. The summed E-state index contributed by atoms with van der Waals surface area (Å²) < 4.78 is 43.6. The lowest BCUT2D eigenvalue weighted by molar-refractivity contribution is -0.137. The predicted octanol–water partition coefficient (Wildman–Crippen LogP) is 3.00. The van der Waals surface area contributed by atoms with Crippen molar-refractivity contribution in [3.05, 3.63) is 34.5 Å². The minimum atomic E-state index is -4.48. The van der Waals surface area contributed by atoms with Gasteiger partial charge in [0.25, 0.3) is 5.91 Å². The Labute approximate surface area is 152 Å². The summed E-state index contributed by atoms with van der Waals surface area (Å²) in [7, 11) is 1.59. The van der Waals surface area contributed by atoms with Crippen molar-refractivity contribution in [3.8, 4) is 0 Å². The Balaban J connectivity index is 1.80. The number of rotatable bonds is 3. The number of likely N-dealkylation sites (tertiary alicyclic amines) is 1. The van der Waals surface area contributed by atoms with Gasteiger partial charge in [-0.05, 0) is 43.4 Å². The number of amides is 1. The number of piperidine rings is 1. The Morgan fingerprint density at radius 1 is 1.42 bits per heavy atom. The monoisotopic (exact) mass is 385 g/mol. The van der Waals surface area contributed by atoms with E-state index >= 15 is 0 Å². The standard InChI is InChI=1S/C16H18F3N5OS/c1-10-13(26-22-21-10)15(25)24-8-4-5-11(9-24)23(2)14-12(16(17,18)19)6-3-7-20-14/h3,6-7,11H,4-5,8-9H2,1-2H3. The van der Waals surface area contributed by atoms with Crippen LogP contribution in [0, 0.1) is 6.92 Å². The summed E-state index contributed by atoms with van der Waals surface area (Å²) in [5.74, 6) is -0.289. The summed E-state index contributed by atoms with van der Waals surface area (Å²) >= 11 is 1.04. The Morgan fingerprint density at radius 2 is 2.19 bits per heavy atom. The molecule has 0 N–H and O–H groups in total. The van der Waals surface area contributed by atoms with E-state index in [1.54, 1.807) is 18.9 Å². The molecule has 10 heteroatoms. The summed E-state index contributed by atoms with van der Waals surface area (Å²) in [5, 5.41) is 3.85. The Bertz CT molecular complexity index is 794. The zero-order valence-electron chi connectivity index (χ0n) is 14.3. The van der Waals surface area contributed by atoms with Crippen molar-refractivity contribution >= 4 is 23.3 Å². The minimum Gasteiger partial charge on any atom is -0.354 e. The molecule has 2 aromatic rings. The molecular weight excluding hydrogens is 367 g/mol. The summed E-state index contributed by atoms with van der Waals surface area (Å²) in [4.78, 5) is 20.3. The van der Waals surface area contributed by atoms with Crippen molar-refractivity contribution in [2.75, 3.05) is 25.0 Å². The molecule has 1 aliphatic heterocycles. The first kappa shape index (κ1) is 18.6. The molecule has 1 fully saturated rings. The van der Waals surface area contributed by atoms with Gasteiger partial charge in [-0.1, -0.05) is 4.49 Å². The molecule has 1 aliphatic rings. The largest absolute Gasteiger partial charge is 0.419 e. The molecule has 1 unspecified atom stereocenters. The van der Waals surface area contributed by atoms with Crippen LogP contribution >= 0.6 is 11.5 Å². The number of likely N-dealkylation sites (N-methyl/N-ethyl adjacent to an activating group) is 1. The van der Waals surface area contributed by atoms with Crippen LogP contribution in [0.3, 0.4) is 0 Å². The van der Waals surface area contributed by atoms with Gasteiger partial charge in [-0.25, -0.2) is 4.98 Å². The van der Waals surface area contributed by atoms with Crippen LogP contribution in [0.15, 0.2) is 18.3 Å². The zero-order chi connectivity index (χ0) is 18.9. The molecule has 0 saturated carbocycles. The van der Waals surface area contributed by atoms with E-state index in [2.05, 4.69) is 14.6 Å². The van der Waals surface area contributed by atoms with Gasteiger partial charge in [-0.2, -0.15) is 13.2 Å². The van der Waals surface area contributed by atoms with E-state index < -0.39 is 11.7 Å². The SMILES string of the molecule is Cc1nnsc1C(=O)N1CCCC(N(C)c2ncccc2C(F)(F)F)C1. The van der Waals surface area contributed by atoms with Crippen molar-refractivity contribution in [2.24, 2.45) is 0 Å². The molecular formula is C16H18F3N5OS. The van der Waals surface area contributed by atoms with E-state index in [1.165, 1.54) is 17.2 Å². The molecule has 0 aliphatic carbocycles. The van der Waals surface area contributed by atoms with Crippen LogP contribution in [0.4, 0.5) is 19.0 Å². The van der Waals surface area contributed by atoms with Gasteiger partial charge < -0.3 is 9.80 Å². The van der Waals surface area contributed by atoms with Gasteiger partial charge in [0.2, 0.25) is 0 Å². The fourth-order valence-electron chi connectivity index (χ4n) is 3.10. The average molecular weight is 385 g/mol. The van der Waals surface area contributed by atoms with Crippen LogP contribution in [0.1, 0.15) is 33.8 Å². The van der Waals surface area contributed by atoms with Gasteiger partial charge >= 0.3 is 6.18 Å². The van der Waals surface area contributed by atoms with Crippen LogP contribution in [0.2, 0.25) is 0 Å². The highest BCUT2D eigenvalue weighted by atomic mass is 32.1. The zero-order valence-corrected chi connectivity index (χ0v) is 15.1. The van der Waals surface area contributed by atoms with Gasteiger partial charge in [0.05, 0.1) is 11.3 Å². The third kappa shape index (κ3) is 3.64. The van der Waals surface area contributed by atoms with E-state index in [4.69, 9.17) is 0 Å². The van der Waals surface area contributed by atoms with Crippen LogP contribution < -0.4 is 4.90 Å². The second kappa shape index (κ2) is 7.18. The van der Waals surface area contributed by atoms with Crippen molar-refractivity contribution in [1.29, 1.82) is 0 Å². The second-order valence-corrected chi connectivity index (χ2v) is 6.97. The lowest BCUT2D eigenvalue weighted by Gasteiger charge is -2.38. The van der Waals surface area contributed by atoms with Crippen molar-refractivity contribution in [2.45, 2.75) is 32.0 Å². The lowest BCUT2D eigenvalue weighted by Crippen LogP contribution is -2.49. The molecule has 0 radical (unpaired) electrons. The molecule has 3 rings (SSSR count). The number of halogens is 3. The molecule has 1 atom stereocenters. The van der Waals surface area contributed by atoms with Gasteiger partial charge in [0.1, 0.15) is 10.7 Å². The molecule has 26 heavy (non-hydrogen) atoms. The van der Waals surface area contributed by atoms with Crippen LogP contribution in [0.25, 0.3) is 0 Å². The van der Waals surface area contributed by atoms with E-state index in [0.29, 0.717) is 36.5 Å². The smallest absolute Gasteiger partial charge is 0.354 e. The van der Waals surface area contributed by atoms with Crippen molar-refractivity contribution < 1.29 is 18.0 Å². The highest BCUT2D eigenvalue weighted by Gasteiger charge is 2.37. The molecule has 0 spiro atoms. The first-order valence-corrected chi connectivity index (χ1v) is 8.89. The van der Waals surface area contributed by atoms with E-state index in [-0.39, 0.29) is 17.8 Å². The number of anilines is 1. The minimum absolute atomic E-state index is 0.116. The van der Waals surface area contributed by atoms with E-state index in [1.807, 2.05) is 0 Å². The lowest BCUT2D eigenvalue weighted by atomic mass is 10.0. The number of pyridine rings is 1. The second-order valence-electron chi connectivity index (χ2n) is 6.22. The number of aryl methyl sites for hydroxylation is 1. The summed E-state index contributed by atoms with van der Waals surface area (Å²) in [5.41, 5.74) is -0.201. The van der Waals surface area contributed by atoms with Crippen LogP contribution in [0.5, 0.6) is 0 Å². The first-order valence-electron chi connectivity index (χ1n) is 8.12. The van der Waals surface area contributed by atoms with Crippen LogP contribution in [-0.2, 0) is 6.18 Å². The average Bonchev–Trinajstić information content (AvgIpc) is 3.06. The number of nitrogens with zero attached hydrogens (tertiary/aromatic N) is 5. The van der Waals surface area contributed by atoms with Crippen molar-refractivity contribution in [3.63, 3.8) is 0 Å². The molecule has 0 aromatic carbocycles. The van der Waals surface area contributed by atoms with Crippen LogP contribution in [-0.4, -0.2) is 51.6 Å². The highest BCUT2D eigenvalue weighted by Crippen LogP contribution is 2.36. The molecule has 1 amide bonds. The number of alkyl halides is 3. The summed E-state index contributed by atoms with van der Waals surface area (Å²) in [6, 6.07) is 2.05. The predicted molar refractivity (Wildman–Crippen MR) is 91.2 cm³/mol. The third-order valence-corrected chi connectivity index (χ3v) is 5.32. The third-order valence-electron chi connectivity index (χ3n) is 4.50. The summed E-state index contributed by atoms with van der Waals surface area (Å²) in [6.45, 7) is 2.61. The fraction of sp³-hybridized carbons (Fsp3) is 0.500. The topological polar surface area (TPSA) is 62.2 Å². The maximum absolute atomic E-state index is 13.3. The van der Waals surface area contributed by atoms with E-state index in [0.717, 1.165) is 17.6 Å². The number of aromatic nitrogens is 3. The highest BCUT2D eigenvalue weighted by molar-refractivity contribution is 7.07. The molecule has 140 valence electrons. The maximum atomic E-state index is 13.3. The molecule has 1 saturated heterocycles. The van der Waals surface area contributed by atoms with E-state index in [9.17, 15) is 18.0 Å². The van der Waals surface area contributed by atoms with Crippen molar-refractivity contribution in [1.82, 2.24) is 19.5 Å². The Morgan fingerprint density at radius 3 is 2.85 bits per heavy atom.